The zero-order chi connectivity index (χ0) is 13.2. The SMILES string of the molecule is CC(C)N1CCC(Oc2cnc3[nH]ccc3c2)CC1. The Bertz CT molecular complexity index is 541. The van der Waals surface area contributed by atoms with Gasteiger partial charge in [-0.2, -0.15) is 0 Å². The minimum absolute atomic E-state index is 0.327. The third kappa shape index (κ3) is 2.73. The molecule has 3 rings (SSSR count). The molecular formula is C15H21N3O. The van der Waals surface area contributed by atoms with Gasteiger partial charge in [0.15, 0.2) is 0 Å². The lowest BCUT2D eigenvalue weighted by Crippen LogP contribution is -2.41. The van der Waals surface area contributed by atoms with Gasteiger partial charge in [0.2, 0.25) is 0 Å². The van der Waals surface area contributed by atoms with E-state index in [1.807, 2.05) is 18.5 Å². The molecule has 2 aromatic heterocycles. The topological polar surface area (TPSA) is 41.1 Å². The highest BCUT2D eigenvalue weighted by Gasteiger charge is 2.22. The summed E-state index contributed by atoms with van der Waals surface area (Å²) >= 11 is 0. The smallest absolute Gasteiger partial charge is 0.138 e. The van der Waals surface area contributed by atoms with Gasteiger partial charge < -0.3 is 14.6 Å². The second-order valence-electron chi connectivity index (χ2n) is 5.53. The molecule has 1 saturated heterocycles. The van der Waals surface area contributed by atoms with Crippen LogP contribution in [0, 0.1) is 0 Å². The number of pyridine rings is 1. The minimum Gasteiger partial charge on any atom is -0.489 e. The Morgan fingerprint density at radius 2 is 2.16 bits per heavy atom. The van der Waals surface area contributed by atoms with Crippen molar-refractivity contribution in [1.29, 1.82) is 0 Å². The standard InChI is InChI=1S/C15H21N3O/c1-11(2)18-7-4-13(5-8-18)19-14-9-12-3-6-16-15(12)17-10-14/h3,6,9-11,13H,4-5,7-8H2,1-2H3,(H,16,17). The lowest BCUT2D eigenvalue weighted by molar-refractivity contribution is 0.0842. The van der Waals surface area contributed by atoms with Crippen LogP contribution in [0.4, 0.5) is 0 Å². The molecule has 1 aliphatic rings. The van der Waals surface area contributed by atoms with Gasteiger partial charge in [-0.3, -0.25) is 0 Å². The Morgan fingerprint density at radius 3 is 2.89 bits per heavy atom. The maximum atomic E-state index is 6.06. The molecule has 1 aliphatic heterocycles. The second-order valence-corrected chi connectivity index (χ2v) is 5.53. The van der Waals surface area contributed by atoms with Crippen LogP contribution in [0.5, 0.6) is 5.75 Å². The van der Waals surface area contributed by atoms with Crippen LogP contribution in [0.25, 0.3) is 11.0 Å². The number of rotatable bonds is 3. The van der Waals surface area contributed by atoms with Crippen molar-refractivity contribution in [3.8, 4) is 5.75 Å². The number of fused-ring (bicyclic) bond motifs is 1. The van der Waals surface area contributed by atoms with Crippen molar-refractivity contribution in [2.45, 2.75) is 38.8 Å². The van der Waals surface area contributed by atoms with Crippen LogP contribution in [0.15, 0.2) is 24.5 Å². The molecule has 0 amide bonds. The van der Waals surface area contributed by atoms with Crippen molar-refractivity contribution < 1.29 is 4.74 Å². The predicted octanol–water partition coefficient (Wildman–Crippen LogP) is 2.81. The van der Waals surface area contributed by atoms with Gasteiger partial charge in [-0.25, -0.2) is 4.98 Å². The summed E-state index contributed by atoms with van der Waals surface area (Å²) < 4.78 is 6.06. The molecule has 4 heteroatoms. The van der Waals surface area contributed by atoms with Gasteiger partial charge >= 0.3 is 0 Å². The summed E-state index contributed by atoms with van der Waals surface area (Å²) in [4.78, 5) is 9.96. The maximum absolute atomic E-state index is 6.06. The fraction of sp³-hybridized carbons (Fsp3) is 0.533. The van der Waals surface area contributed by atoms with Crippen molar-refractivity contribution >= 4 is 11.0 Å². The van der Waals surface area contributed by atoms with Crippen LogP contribution in [0.1, 0.15) is 26.7 Å². The summed E-state index contributed by atoms with van der Waals surface area (Å²) in [5.41, 5.74) is 0.918. The van der Waals surface area contributed by atoms with E-state index in [2.05, 4.69) is 34.8 Å². The van der Waals surface area contributed by atoms with Gasteiger partial charge in [0.1, 0.15) is 17.5 Å². The van der Waals surface area contributed by atoms with E-state index in [-0.39, 0.29) is 0 Å². The normalized spacial score (nSPS) is 18.3. The number of nitrogens with one attached hydrogen (secondary N) is 1. The fourth-order valence-corrected chi connectivity index (χ4v) is 2.69. The van der Waals surface area contributed by atoms with Gasteiger partial charge in [-0.05, 0) is 38.8 Å². The van der Waals surface area contributed by atoms with Gasteiger partial charge in [0.05, 0.1) is 6.20 Å². The van der Waals surface area contributed by atoms with Crippen LogP contribution >= 0.6 is 0 Å². The molecule has 0 bridgehead atoms. The summed E-state index contributed by atoms with van der Waals surface area (Å²) in [6, 6.07) is 4.73. The highest BCUT2D eigenvalue weighted by molar-refractivity contribution is 5.76. The van der Waals surface area contributed by atoms with Crippen LogP contribution in [-0.2, 0) is 0 Å². The lowest BCUT2D eigenvalue weighted by Gasteiger charge is -2.34. The van der Waals surface area contributed by atoms with E-state index in [0.717, 1.165) is 42.7 Å². The summed E-state index contributed by atoms with van der Waals surface area (Å²) in [5, 5.41) is 1.11. The van der Waals surface area contributed by atoms with E-state index < -0.39 is 0 Å². The van der Waals surface area contributed by atoms with Gasteiger partial charge in [0.25, 0.3) is 0 Å². The summed E-state index contributed by atoms with van der Waals surface area (Å²) in [7, 11) is 0. The van der Waals surface area contributed by atoms with Crippen molar-refractivity contribution in [2.24, 2.45) is 0 Å². The summed E-state index contributed by atoms with van der Waals surface area (Å²) in [5.74, 6) is 0.884. The Labute approximate surface area is 113 Å². The number of aromatic nitrogens is 2. The summed E-state index contributed by atoms with van der Waals surface area (Å²) in [6.45, 7) is 6.76. The van der Waals surface area contributed by atoms with Crippen molar-refractivity contribution in [3.63, 3.8) is 0 Å². The number of piperidine rings is 1. The van der Waals surface area contributed by atoms with Gasteiger partial charge in [-0.15, -0.1) is 0 Å². The van der Waals surface area contributed by atoms with E-state index in [1.165, 1.54) is 0 Å². The van der Waals surface area contributed by atoms with E-state index >= 15 is 0 Å². The molecule has 2 aromatic rings. The van der Waals surface area contributed by atoms with Crippen LogP contribution in [0.2, 0.25) is 0 Å². The number of hydrogen-bond acceptors (Lipinski definition) is 3. The first-order valence-corrected chi connectivity index (χ1v) is 7.06. The number of ether oxygens (including phenoxy) is 1. The van der Waals surface area contributed by atoms with Crippen LogP contribution in [-0.4, -0.2) is 40.1 Å². The van der Waals surface area contributed by atoms with Crippen molar-refractivity contribution in [3.05, 3.63) is 24.5 Å². The number of aromatic amines is 1. The molecule has 4 nitrogen and oxygen atoms in total. The van der Waals surface area contributed by atoms with E-state index in [9.17, 15) is 0 Å². The third-order valence-corrected chi connectivity index (χ3v) is 3.88. The van der Waals surface area contributed by atoms with E-state index in [1.54, 1.807) is 0 Å². The van der Waals surface area contributed by atoms with Crippen LogP contribution in [0.3, 0.4) is 0 Å². The molecule has 0 saturated carbocycles. The average Bonchev–Trinajstić information content (AvgIpc) is 2.87. The third-order valence-electron chi connectivity index (χ3n) is 3.88. The van der Waals surface area contributed by atoms with Gasteiger partial charge in [-0.1, -0.05) is 0 Å². The Kier molecular flexibility index (Phi) is 3.42. The van der Waals surface area contributed by atoms with Crippen LogP contribution < -0.4 is 4.74 Å². The molecule has 3 heterocycles. The fourth-order valence-electron chi connectivity index (χ4n) is 2.69. The Morgan fingerprint density at radius 1 is 1.37 bits per heavy atom. The molecule has 1 N–H and O–H groups in total. The first-order valence-electron chi connectivity index (χ1n) is 7.06. The monoisotopic (exact) mass is 259 g/mol. The molecular weight excluding hydrogens is 238 g/mol. The Balaban J connectivity index is 1.62. The predicted molar refractivity (Wildman–Crippen MR) is 76.5 cm³/mol. The largest absolute Gasteiger partial charge is 0.489 e. The molecule has 0 atom stereocenters. The zero-order valence-corrected chi connectivity index (χ0v) is 11.6. The number of H-pyrrole nitrogens is 1. The average molecular weight is 259 g/mol. The lowest BCUT2D eigenvalue weighted by atomic mass is 10.1. The molecule has 0 aromatic carbocycles. The zero-order valence-electron chi connectivity index (χ0n) is 11.6. The quantitative estimate of drug-likeness (QED) is 0.921. The minimum atomic E-state index is 0.327. The molecule has 19 heavy (non-hydrogen) atoms. The van der Waals surface area contributed by atoms with Gasteiger partial charge in [0, 0.05) is 30.7 Å². The number of hydrogen-bond donors (Lipinski definition) is 1. The number of likely N-dealkylation sites (tertiary alicyclic amines) is 1. The highest BCUT2D eigenvalue weighted by Crippen LogP contribution is 2.22. The molecule has 0 aliphatic carbocycles. The maximum Gasteiger partial charge on any atom is 0.138 e. The second kappa shape index (κ2) is 5.21. The first-order chi connectivity index (χ1) is 9.22. The molecule has 0 unspecified atom stereocenters. The van der Waals surface area contributed by atoms with E-state index in [0.29, 0.717) is 12.1 Å². The number of nitrogens with zero attached hydrogens (tertiary/aromatic N) is 2. The summed E-state index contributed by atoms with van der Waals surface area (Å²) in [6.07, 6.45) is 6.25. The molecule has 0 radical (unpaired) electrons. The molecule has 1 fully saturated rings. The first kappa shape index (κ1) is 12.5. The van der Waals surface area contributed by atoms with Crippen molar-refractivity contribution in [1.82, 2.24) is 14.9 Å². The molecule has 0 spiro atoms. The van der Waals surface area contributed by atoms with Crippen molar-refractivity contribution in [2.75, 3.05) is 13.1 Å². The Hall–Kier alpha value is -1.55. The molecule has 102 valence electrons. The highest BCUT2D eigenvalue weighted by atomic mass is 16.5. The van der Waals surface area contributed by atoms with E-state index in [4.69, 9.17) is 4.74 Å².